The highest BCUT2D eigenvalue weighted by molar-refractivity contribution is 8.00. The van der Waals surface area contributed by atoms with E-state index in [0.717, 1.165) is 27.6 Å². The molecule has 3 heterocycles. The molecule has 2 aliphatic carbocycles. The maximum Gasteiger partial charge on any atom is 0.305 e. The molecular formula is C24H24N2O6S2. The second kappa shape index (κ2) is 7.98. The van der Waals surface area contributed by atoms with Crippen LogP contribution in [-0.2, 0) is 14.4 Å². The lowest BCUT2D eigenvalue weighted by atomic mass is 9.68. The highest BCUT2D eigenvalue weighted by Gasteiger charge is 2.69. The quantitative estimate of drug-likeness (QED) is 0.586. The van der Waals surface area contributed by atoms with Gasteiger partial charge in [0.25, 0.3) is 0 Å². The van der Waals surface area contributed by atoms with Gasteiger partial charge in [-0.3, -0.25) is 24.1 Å². The molecule has 3 fully saturated rings. The molecule has 0 spiro atoms. The van der Waals surface area contributed by atoms with Crippen LogP contribution < -0.4 is 9.61 Å². The Kier molecular flexibility index (Phi) is 5.14. The molecule has 1 saturated heterocycles. The summed E-state index contributed by atoms with van der Waals surface area (Å²) in [6.45, 7) is 0.162. The summed E-state index contributed by atoms with van der Waals surface area (Å²) in [4.78, 5) is 55.2. The van der Waals surface area contributed by atoms with Gasteiger partial charge in [0.05, 0.1) is 24.0 Å². The maximum absolute atomic E-state index is 13.4. The van der Waals surface area contributed by atoms with Gasteiger partial charge in [-0.2, -0.15) is 0 Å². The van der Waals surface area contributed by atoms with Crippen molar-refractivity contribution in [3.63, 3.8) is 0 Å². The van der Waals surface area contributed by atoms with E-state index in [1.54, 1.807) is 18.9 Å². The van der Waals surface area contributed by atoms with E-state index in [1.165, 1.54) is 16.2 Å². The number of hydrogen-bond donors (Lipinski definition) is 2. The Bertz CT molecular complexity index is 1250. The minimum absolute atomic E-state index is 0.0358. The Hall–Kier alpha value is -2.59. The molecule has 8 nitrogen and oxygen atoms in total. The summed E-state index contributed by atoms with van der Waals surface area (Å²) in [6, 6.07) is 7.84. The van der Waals surface area contributed by atoms with E-state index >= 15 is 0 Å². The van der Waals surface area contributed by atoms with E-state index in [-0.39, 0.29) is 76.8 Å². The van der Waals surface area contributed by atoms with Crippen molar-refractivity contribution in [2.24, 2.45) is 29.6 Å². The number of likely N-dealkylation sites (tertiary alicyclic amines) is 1. The zero-order chi connectivity index (χ0) is 23.7. The normalized spacial score (nSPS) is 33.1. The van der Waals surface area contributed by atoms with E-state index in [0.29, 0.717) is 0 Å². The lowest BCUT2D eigenvalue weighted by Crippen LogP contribution is -2.42. The van der Waals surface area contributed by atoms with Gasteiger partial charge in [0, 0.05) is 34.6 Å². The minimum Gasteiger partial charge on any atom is -0.496 e. The summed E-state index contributed by atoms with van der Waals surface area (Å²) in [5.41, 5.74) is 1.01. The lowest BCUT2D eigenvalue weighted by molar-refractivity contribution is -0.142. The minimum atomic E-state index is -0.929. The highest BCUT2D eigenvalue weighted by atomic mass is 32.2. The number of nitrogens with zero attached hydrogens (tertiary/aromatic N) is 1. The average Bonchev–Trinajstić information content (AvgIpc) is 3.54. The van der Waals surface area contributed by atoms with Crippen molar-refractivity contribution in [2.75, 3.05) is 13.7 Å². The predicted molar refractivity (Wildman–Crippen MR) is 125 cm³/mol. The van der Waals surface area contributed by atoms with Crippen LogP contribution in [0.1, 0.15) is 35.6 Å². The van der Waals surface area contributed by atoms with Crippen molar-refractivity contribution in [3.8, 4) is 5.75 Å². The van der Waals surface area contributed by atoms with Crippen LogP contribution in [0.15, 0.2) is 34.1 Å². The first-order valence-corrected chi connectivity index (χ1v) is 13.2. The molecule has 2 bridgehead atoms. The van der Waals surface area contributed by atoms with Gasteiger partial charge in [0.15, 0.2) is 0 Å². The number of carbonyl (C=O) groups is 3. The number of imide groups is 1. The van der Waals surface area contributed by atoms with E-state index in [1.807, 2.05) is 24.3 Å². The number of methoxy groups -OCH3 is 1. The summed E-state index contributed by atoms with van der Waals surface area (Å²) < 4.78 is 5.69. The number of aromatic amines is 1. The Morgan fingerprint density at radius 2 is 1.91 bits per heavy atom. The molecule has 0 unspecified atom stereocenters. The summed E-state index contributed by atoms with van der Waals surface area (Å²) in [5.74, 6) is -1.06. The van der Waals surface area contributed by atoms with Gasteiger partial charge in [-0.05, 0) is 36.7 Å². The fourth-order valence-corrected chi connectivity index (χ4v) is 9.84. The molecule has 10 heteroatoms. The second-order valence-electron chi connectivity index (χ2n) is 9.53. The van der Waals surface area contributed by atoms with E-state index in [9.17, 15) is 19.2 Å². The molecule has 178 valence electrons. The monoisotopic (exact) mass is 500 g/mol. The number of aliphatic carboxylic acids is 1. The van der Waals surface area contributed by atoms with Crippen LogP contribution in [0, 0.1) is 29.6 Å². The number of benzene rings is 1. The number of carboxylic acids is 1. The number of para-hydroxylation sites is 1. The van der Waals surface area contributed by atoms with Gasteiger partial charge in [-0.25, -0.2) is 0 Å². The van der Waals surface area contributed by atoms with Crippen molar-refractivity contribution in [1.82, 2.24) is 9.88 Å². The smallest absolute Gasteiger partial charge is 0.305 e. The van der Waals surface area contributed by atoms with Crippen LogP contribution in [0.5, 0.6) is 5.75 Å². The maximum atomic E-state index is 13.4. The molecule has 2 amide bonds. The average molecular weight is 501 g/mol. The Balaban J connectivity index is 1.39. The number of rotatable bonds is 6. The molecule has 2 aromatic rings. The standard InChI is InChI=1S/C24H24N2O6S2/c1-32-13-6-3-2-5-10(13)15-16-11-9-12(19(16)33-21-20(15)34-24(31)25-21)18-17(11)22(29)26(23(18)30)8-4-7-14(27)28/h2-3,5-6,11-12,15-19H,4,7-9H2,1H3,(H,25,31)(H,27,28)/t11-,12+,15+,16+,17+,18+,19+/m0/s1. The topological polar surface area (TPSA) is 117 Å². The number of nitrogens with one attached hydrogen (secondary N) is 1. The van der Waals surface area contributed by atoms with Gasteiger partial charge in [0.2, 0.25) is 11.8 Å². The van der Waals surface area contributed by atoms with Crippen LogP contribution >= 0.6 is 23.1 Å². The number of amides is 2. The van der Waals surface area contributed by atoms with Crippen LogP contribution in [0.25, 0.3) is 0 Å². The molecule has 2 N–H and O–H groups in total. The Morgan fingerprint density at radius 1 is 1.18 bits per heavy atom. The van der Waals surface area contributed by atoms with Gasteiger partial charge in [-0.1, -0.05) is 29.5 Å². The first-order chi connectivity index (χ1) is 16.4. The predicted octanol–water partition coefficient (Wildman–Crippen LogP) is 2.78. The van der Waals surface area contributed by atoms with Gasteiger partial charge < -0.3 is 14.8 Å². The zero-order valence-electron chi connectivity index (χ0n) is 18.4. The number of H-pyrrole nitrogens is 1. The third-order valence-electron chi connectivity index (χ3n) is 8.06. The summed E-state index contributed by atoms with van der Waals surface area (Å²) in [7, 11) is 1.64. The SMILES string of the molecule is COc1ccccc1[C@H]1c2sc(=O)[nH]c2S[C@@H]2[C@@H]3C[C@H]([C@H]4C(=O)N(CCCC(=O)O)C(=O)[C@H]34)[C@H]12. The molecule has 6 rings (SSSR count). The fraction of sp³-hybridized carbons (Fsp3) is 0.500. The molecule has 7 atom stereocenters. The molecule has 1 aromatic heterocycles. The number of carboxylic acid groups (broad SMARTS) is 1. The summed E-state index contributed by atoms with van der Waals surface area (Å²) in [5, 5.41) is 9.94. The largest absolute Gasteiger partial charge is 0.496 e. The molecule has 4 aliphatic rings. The van der Waals surface area contributed by atoms with Crippen molar-refractivity contribution in [3.05, 3.63) is 44.4 Å². The molecule has 0 radical (unpaired) electrons. The third-order valence-corrected chi connectivity index (χ3v) is 10.6. The van der Waals surface area contributed by atoms with Gasteiger partial charge >= 0.3 is 10.8 Å². The fourth-order valence-electron chi connectivity index (χ4n) is 6.96. The molecule has 34 heavy (non-hydrogen) atoms. The lowest BCUT2D eigenvalue weighted by Gasteiger charge is -2.43. The van der Waals surface area contributed by atoms with Crippen LogP contribution in [-0.4, -0.2) is 51.7 Å². The molecule has 2 aliphatic heterocycles. The summed E-state index contributed by atoms with van der Waals surface area (Å²) in [6.07, 6.45) is 1.03. The Labute approximate surface area is 203 Å². The van der Waals surface area contributed by atoms with Crippen LogP contribution in [0.2, 0.25) is 0 Å². The number of ether oxygens (including phenoxy) is 1. The number of carbonyl (C=O) groups excluding carboxylic acids is 2. The zero-order valence-corrected chi connectivity index (χ0v) is 20.1. The number of hydrogen-bond acceptors (Lipinski definition) is 7. The second-order valence-corrected chi connectivity index (χ2v) is 11.7. The van der Waals surface area contributed by atoms with Crippen molar-refractivity contribution < 1.29 is 24.2 Å². The van der Waals surface area contributed by atoms with Crippen LogP contribution in [0.4, 0.5) is 0 Å². The highest BCUT2D eigenvalue weighted by Crippen LogP contribution is 2.68. The van der Waals surface area contributed by atoms with Crippen molar-refractivity contribution >= 4 is 40.9 Å². The number of fused-ring (bicyclic) bond motifs is 9. The van der Waals surface area contributed by atoms with E-state index < -0.39 is 5.97 Å². The first kappa shape index (κ1) is 21.9. The van der Waals surface area contributed by atoms with Crippen LogP contribution in [0.3, 0.4) is 0 Å². The molecule has 1 aromatic carbocycles. The van der Waals surface area contributed by atoms with Gasteiger partial charge in [0.1, 0.15) is 5.75 Å². The first-order valence-electron chi connectivity index (χ1n) is 11.5. The number of thioether (sulfide) groups is 1. The van der Waals surface area contributed by atoms with Crippen molar-refractivity contribution in [1.29, 1.82) is 0 Å². The third kappa shape index (κ3) is 3.04. The molecule has 2 saturated carbocycles. The Morgan fingerprint density at radius 3 is 2.65 bits per heavy atom. The molecular weight excluding hydrogens is 476 g/mol. The van der Waals surface area contributed by atoms with E-state index in [4.69, 9.17) is 9.84 Å². The van der Waals surface area contributed by atoms with Gasteiger partial charge in [-0.15, -0.1) is 11.8 Å². The van der Waals surface area contributed by atoms with Crippen molar-refractivity contribution in [2.45, 2.75) is 35.5 Å². The number of aromatic nitrogens is 1. The summed E-state index contributed by atoms with van der Waals surface area (Å²) >= 11 is 2.88. The number of thiazole rings is 1. The van der Waals surface area contributed by atoms with E-state index in [2.05, 4.69) is 4.98 Å².